The molecular weight excluding hydrogens is 168 g/mol. The van der Waals surface area contributed by atoms with Gasteiger partial charge in [-0.2, -0.15) is 0 Å². The van der Waals surface area contributed by atoms with Gasteiger partial charge in [-0.15, -0.1) is 0 Å². The van der Waals surface area contributed by atoms with Crippen molar-refractivity contribution in [3.8, 4) is 0 Å². The van der Waals surface area contributed by atoms with Crippen molar-refractivity contribution in [1.82, 2.24) is 0 Å². The molecule has 0 heterocycles. The number of carbonyl (C=O) groups excluding carboxylic acids is 2. The summed E-state index contributed by atoms with van der Waals surface area (Å²) in [7, 11) is 0. The van der Waals surface area contributed by atoms with E-state index in [-0.39, 0.29) is 17.5 Å². The first-order valence-electron chi connectivity index (χ1n) is 4.58. The lowest BCUT2D eigenvalue weighted by molar-refractivity contribution is -0.138. The molecule has 0 fully saturated rings. The molecule has 0 rings (SSSR count). The molecule has 4 N–H and O–H groups in total. The molecule has 13 heavy (non-hydrogen) atoms. The predicted octanol–water partition coefficient (Wildman–Crippen LogP) is -0.152. The van der Waals surface area contributed by atoms with Gasteiger partial charge in [-0.25, -0.2) is 0 Å². The highest BCUT2D eigenvalue weighted by atomic mass is 16.2. The van der Waals surface area contributed by atoms with Crippen molar-refractivity contribution in [3.63, 3.8) is 0 Å². The number of nitrogens with two attached hydrogens (primary N) is 2. The first kappa shape index (κ1) is 12.3. The van der Waals surface area contributed by atoms with Crippen LogP contribution in [0.15, 0.2) is 0 Å². The third-order valence-corrected chi connectivity index (χ3v) is 1.99. The van der Waals surface area contributed by atoms with Crippen LogP contribution < -0.4 is 11.5 Å². The third kappa shape index (κ3) is 4.75. The van der Waals surface area contributed by atoms with Gasteiger partial charge in [0.15, 0.2) is 5.78 Å². The van der Waals surface area contributed by atoms with Gasteiger partial charge in [0, 0.05) is 12.8 Å². The number of hydrogen-bond donors (Lipinski definition) is 2. The maximum Gasteiger partial charge on any atom is 0.201 e. The van der Waals surface area contributed by atoms with Crippen molar-refractivity contribution in [2.45, 2.75) is 26.2 Å². The number of Topliss-reactive ketones (excluding diaryl/α,β-unsaturated/α-hetero) is 2. The fourth-order valence-corrected chi connectivity index (χ4v) is 1.26. The quantitative estimate of drug-likeness (QED) is 0.541. The summed E-state index contributed by atoms with van der Waals surface area (Å²) in [5, 5.41) is 0. The van der Waals surface area contributed by atoms with Crippen LogP contribution in [0.1, 0.15) is 26.2 Å². The third-order valence-electron chi connectivity index (χ3n) is 1.99. The molecule has 0 saturated heterocycles. The van der Waals surface area contributed by atoms with Gasteiger partial charge < -0.3 is 11.5 Å². The molecule has 1 unspecified atom stereocenters. The Morgan fingerprint density at radius 1 is 1.15 bits per heavy atom. The minimum atomic E-state index is -0.379. The van der Waals surface area contributed by atoms with E-state index >= 15 is 0 Å². The lowest BCUT2D eigenvalue weighted by atomic mass is 9.93. The van der Waals surface area contributed by atoms with Gasteiger partial charge in [0.25, 0.3) is 0 Å². The van der Waals surface area contributed by atoms with Crippen molar-refractivity contribution in [2.75, 3.05) is 13.1 Å². The zero-order valence-corrected chi connectivity index (χ0v) is 8.08. The molecule has 0 aromatic carbocycles. The van der Waals surface area contributed by atoms with E-state index < -0.39 is 0 Å². The van der Waals surface area contributed by atoms with Gasteiger partial charge in [0.05, 0.1) is 0 Å². The zero-order chi connectivity index (χ0) is 10.3. The first-order chi connectivity index (χ1) is 6.13. The van der Waals surface area contributed by atoms with Crippen LogP contribution in [0.5, 0.6) is 0 Å². The molecule has 0 bridgehead atoms. The molecule has 0 aromatic heterocycles. The molecule has 1 atom stereocenters. The van der Waals surface area contributed by atoms with E-state index in [1.54, 1.807) is 0 Å². The minimum absolute atomic E-state index is 0.217. The number of rotatable bonds is 7. The molecule has 0 amide bonds. The number of carbonyl (C=O) groups is 2. The second kappa shape index (κ2) is 6.74. The summed E-state index contributed by atoms with van der Waals surface area (Å²) >= 11 is 0. The highest BCUT2D eigenvalue weighted by Crippen LogP contribution is 2.11. The molecule has 0 spiro atoms. The van der Waals surface area contributed by atoms with E-state index in [9.17, 15) is 9.59 Å². The monoisotopic (exact) mass is 186 g/mol. The fourth-order valence-electron chi connectivity index (χ4n) is 1.26. The molecule has 0 saturated carbocycles. The van der Waals surface area contributed by atoms with E-state index in [2.05, 4.69) is 0 Å². The molecule has 0 aliphatic heterocycles. The summed E-state index contributed by atoms with van der Waals surface area (Å²) in [6.07, 6.45) is 2.02. The maximum absolute atomic E-state index is 11.3. The number of hydrogen-bond acceptors (Lipinski definition) is 4. The van der Waals surface area contributed by atoms with Crippen molar-refractivity contribution in [1.29, 1.82) is 0 Å². The lowest BCUT2D eigenvalue weighted by Gasteiger charge is -2.11. The van der Waals surface area contributed by atoms with Crippen molar-refractivity contribution in [2.24, 2.45) is 17.4 Å². The molecule has 0 radical (unpaired) electrons. The summed E-state index contributed by atoms with van der Waals surface area (Å²) in [4.78, 5) is 22.1. The Morgan fingerprint density at radius 3 is 2.15 bits per heavy atom. The van der Waals surface area contributed by atoms with Gasteiger partial charge in [0.2, 0.25) is 5.78 Å². The van der Waals surface area contributed by atoms with E-state index in [4.69, 9.17) is 11.5 Å². The van der Waals surface area contributed by atoms with Gasteiger partial charge in [-0.3, -0.25) is 9.59 Å². The highest BCUT2D eigenvalue weighted by Gasteiger charge is 2.20. The summed E-state index contributed by atoms with van der Waals surface area (Å²) in [6, 6.07) is 0. The van der Waals surface area contributed by atoms with Gasteiger partial charge in [0.1, 0.15) is 0 Å². The summed E-state index contributed by atoms with van der Waals surface area (Å²) in [5.74, 6) is -0.902. The van der Waals surface area contributed by atoms with E-state index in [1.807, 2.05) is 0 Å². The average Bonchev–Trinajstić information content (AvgIpc) is 2.11. The lowest BCUT2D eigenvalue weighted by Crippen LogP contribution is -2.24. The van der Waals surface area contributed by atoms with E-state index in [0.717, 1.165) is 6.42 Å². The van der Waals surface area contributed by atoms with Crippen molar-refractivity contribution < 1.29 is 9.59 Å². The summed E-state index contributed by atoms with van der Waals surface area (Å²) < 4.78 is 0. The average molecular weight is 186 g/mol. The van der Waals surface area contributed by atoms with Crippen LogP contribution in [0.25, 0.3) is 0 Å². The zero-order valence-electron chi connectivity index (χ0n) is 8.08. The van der Waals surface area contributed by atoms with E-state index in [0.29, 0.717) is 25.9 Å². The van der Waals surface area contributed by atoms with Crippen LogP contribution in [0, 0.1) is 5.92 Å². The smallest absolute Gasteiger partial charge is 0.201 e. The molecular formula is C9H18N2O2. The predicted molar refractivity (Wildman–Crippen MR) is 51.1 cm³/mol. The van der Waals surface area contributed by atoms with Crippen LogP contribution in [-0.4, -0.2) is 24.7 Å². The van der Waals surface area contributed by atoms with Crippen LogP contribution in [0.4, 0.5) is 0 Å². The Balaban J connectivity index is 4.06. The van der Waals surface area contributed by atoms with Gasteiger partial charge in [-0.1, -0.05) is 0 Å². The molecule has 4 heteroatoms. The van der Waals surface area contributed by atoms with Crippen LogP contribution in [0.2, 0.25) is 0 Å². The fraction of sp³-hybridized carbons (Fsp3) is 0.778. The SMILES string of the molecule is CC(=O)C(=O)C(CCN)CCCN. The molecule has 0 aromatic rings. The standard InChI is InChI=1S/C9H18N2O2/c1-7(12)9(13)8(4-6-11)3-2-5-10/h8H,2-6,10-11H2,1H3. The Hall–Kier alpha value is -0.740. The van der Waals surface area contributed by atoms with Crippen molar-refractivity contribution >= 4 is 11.6 Å². The Kier molecular flexibility index (Phi) is 6.36. The summed E-state index contributed by atoms with van der Waals surface area (Å²) in [6.45, 7) is 2.29. The Morgan fingerprint density at radius 2 is 1.77 bits per heavy atom. The van der Waals surface area contributed by atoms with Crippen LogP contribution in [-0.2, 0) is 9.59 Å². The van der Waals surface area contributed by atoms with Gasteiger partial charge >= 0.3 is 0 Å². The molecule has 4 nitrogen and oxygen atoms in total. The topological polar surface area (TPSA) is 86.2 Å². The molecule has 76 valence electrons. The van der Waals surface area contributed by atoms with Crippen LogP contribution >= 0.6 is 0 Å². The Labute approximate surface area is 78.7 Å². The normalized spacial score (nSPS) is 12.5. The number of ketones is 2. The van der Waals surface area contributed by atoms with E-state index in [1.165, 1.54) is 6.92 Å². The second-order valence-electron chi connectivity index (χ2n) is 3.13. The first-order valence-corrected chi connectivity index (χ1v) is 4.58. The van der Waals surface area contributed by atoms with Crippen molar-refractivity contribution in [3.05, 3.63) is 0 Å². The van der Waals surface area contributed by atoms with Crippen LogP contribution in [0.3, 0.4) is 0 Å². The second-order valence-corrected chi connectivity index (χ2v) is 3.13. The van der Waals surface area contributed by atoms with Gasteiger partial charge in [-0.05, 0) is 32.4 Å². The highest BCUT2D eigenvalue weighted by molar-refractivity contribution is 6.37. The molecule has 0 aliphatic rings. The molecule has 0 aliphatic carbocycles. The minimum Gasteiger partial charge on any atom is -0.330 e. The Bertz CT molecular complexity index is 180. The maximum atomic E-state index is 11.3. The largest absolute Gasteiger partial charge is 0.330 e. The summed E-state index contributed by atoms with van der Waals surface area (Å²) in [5.41, 5.74) is 10.7.